The minimum atomic E-state index is -0.191. The van der Waals surface area contributed by atoms with Gasteiger partial charge in [0.15, 0.2) is 0 Å². The molecular weight excluding hydrogens is 727 g/mol. The molecule has 5 nitrogen and oxygen atoms in total. The molecule has 3 aliphatic carbocycles. The van der Waals surface area contributed by atoms with Crippen LogP contribution >= 0.6 is 23.5 Å². The number of thioether (sulfide) groups is 2. The van der Waals surface area contributed by atoms with Gasteiger partial charge in [-0.25, -0.2) is 0 Å². The van der Waals surface area contributed by atoms with Crippen molar-refractivity contribution in [2.75, 3.05) is 0 Å². The van der Waals surface area contributed by atoms with Crippen LogP contribution in [0.4, 0.5) is 0 Å². The minimum Gasteiger partial charge on any atom is -0.361 e. The standard InChI is InChI=1S/C25H16N2OS.C24H17NOS/c28-25-23-19-3-1-18(16-7-11-27-12-8-16)14-22(19)24(29-25)20-4-2-17(13-21(20)23)15-5-9-26-10-6-15;26-24-22-17-9-8-16(21-6-3-11-25-21)13-20(17)23(27-24)18-10-7-15(12-19(18)22)14-4-1-2-5-14/h1-14,23-24H;1-4,6-13,22-23,25H,5H2. The Morgan fingerprint density at radius 2 is 1.00 bits per heavy atom. The Balaban J connectivity index is 0.000000130. The van der Waals surface area contributed by atoms with Crippen LogP contribution in [0.2, 0.25) is 0 Å². The lowest BCUT2D eigenvalue weighted by atomic mass is 9.76. The van der Waals surface area contributed by atoms with Gasteiger partial charge in [0.2, 0.25) is 10.2 Å². The summed E-state index contributed by atoms with van der Waals surface area (Å²) < 4.78 is 0. The molecule has 3 aromatic heterocycles. The molecule has 7 aromatic rings. The zero-order valence-corrected chi connectivity index (χ0v) is 31.7. The molecule has 0 radical (unpaired) electrons. The van der Waals surface area contributed by atoms with Crippen molar-refractivity contribution in [3.05, 3.63) is 208 Å². The zero-order chi connectivity index (χ0) is 37.3. The van der Waals surface area contributed by atoms with Crippen LogP contribution in [0.15, 0.2) is 158 Å². The first-order valence-electron chi connectivity index (χ1n) is 18.9. The van der Waals surface area contributed by atoms with Gasteiger partial charge in [0.1, 0.15) is 0 Å². The van der Waals surface area contributed by atoms with E-state index >= 15 is 0 Å². The topological polar surface area (TPSA) is 75.7 Å². The molecule has 268 valence electrons. The van der Waals surface area contributed by atoms with Crippen molar-refractivity contribution < 1.29 is 9.59 Å². The van der Waals surface area contributed by atoms with E-state index in [1.165, 1.54) is 79.2 Å². The van der Waals surface area contributed by atoms with E-state index in [4.69, 9.17) is 0 Å². The number of fused-ring (bicyclic) bond motifs is 2. The molecule has 0 saturated heterocycles. The second kappa shape index (κ2) is 13.3. The molecular formula is C49H33N3O2S2. The lowest BCUT2D eigenvalue weighted by molar-refractivity contribution is -0.112. The number of allylic oxidation sites excluding steroid dienone is 4. The largest absolute Gasteiger partial charge is 0.361 e. The van der Waals surface area contributed by atoms with Crippen molar-refractivity contribution in [2.24, 2.45) is 0 Å². The van der Waals surface area contributed by atoms with Gasteiger partial charge >= 0.3 is 0 Å². The highest BCUT2D eigenvalue weighted by molar-refractivity contribution is 8.14. The Morgan fingerprint density at radius 1 is 0.500 bits per heavy atom. The van der Waals surface area contributed by atoms with E-state index in [0.717, 1.165) is 39.9 Å². The monoisotopic (exact) mass is 759 g/mol. The van der Waals surface area contributed by atoms with Crippen LogP contribution in [0.5, 0.6) is 0 Å². The summed E-state index contributed by atoms with van der Waals surface area (Å²) in [6, 6.07) is 38.5. The van der Waals surface area contributed by atoms with Crippen molar-refractivity contribution in [1.82, 2.24) is 15.0 Å². The second-order valence-corrected chi connectivity index (χ2v) is 17.0. The Hall–Kier alpha value is -6.02. The van der Waals surface area contributed by atoms with Crippen molar-refractivity contribution >= 4 is 39.3 Å². The molecule has 56 heavy (non-hydrogen) atoms. The number of aromatic nitrogens is 3. The van der Waals surface area contributed by atoms with Gasteiger partial charge in [-0.05, 0) is 144 Å². The quantitative estimate of drug-likeness (QED) is 0.193. The molecule has 0 saturated carbocycles. The fourth-order valence-electron chi connectivity index (χ4n) is 9.04. The normalized spacial score (nSPS) is 20.4. The van der Waals surface area contributed by atoms with Gasteiger partial charge in [0.05, 0.1) is 22.3 Å². The van der Waals surface area contributed by atoms with Gasteiger partial charge in [0.25, 0.3) is 0 Å². The van der Waals surface area contributed by atoms with E-state index < -0.39 is 0 Å². The third-order valence-corrected chi connectivity index (χ3v) is 14.2. The van der Waals surface area contributed by atoms with Crippen molar-refractivity contribution in [3.8, 4) is 33.5 Å². The fourth-order valence-corrected chi connectivity index (χ4v) is 11.6. The summed E-state index contributed by atoms with van der Waals surface area (Å²) in [5, 5.41) is 0.694. The maximum Gasteiger partial charge on any atom is 0.201 e. The summed E-state index contributed by atoms with van der Waals surface area (Å²) in [5.74, 6) is -0.333. The first-order chi connectivity index (χ1) is 27.6. The maximum absolute atomic E-state index is 12.9. The Kier molecular flexibility index (Phi) is 7.93. The fraction of sp³-hybridized carbons (Fsp3) is 0.102. The number of aromatic amines is 1. The van der Waals surface area contributed by atoms with Gasteiger partial charge in [-0.3, -0.25) is 19.6 Å². The van der Waals surface area contributed by atoms with E-state index in [2.05, 4.69) is 112 Å². The van der Waals surface area contributed by atoms with Crippen LogP contribution in [-0.4, -0.2) is 25.2 Å². The average molecular weight is 760 g/mol. The molecule has 14 rings (SSSR count). The lowest BCUT2D eigenvalue weighted by Gasteiger charge is -2.39. The Labute approximate surface area is 333 Å². The Bertz CT molecular complexity index is 2790. The zero-order valence-electron chi connectivity index (χ0n) is 30.1. The number of hydrogen-bond donors (Lipinski definition) is 1. The number of nitrogens with zero attached hydrogens (tertiary/aromatic N) is 2. The molecule has 0 fully saturated rings. The summed E-state index contributed by atoms with van der Waals surface area (Å²) in [6.45, 7) is 0. The van der Waals surface area contributed by atoms with Gasteiger partial charge in [0, 0.05) is 36.7 Å². The van der Waals surface area contributed by atoms with Gasteiger partial charge < -0.3 is 4.98 Å². The lowest BCUT2D eigenvalue weighted by Crippen LogP contribution is -2.28. The highest BCUT2D eigenvalue weighted by Gasteiger charge is 2.45. The highest BCUT2D eigenvalue weighted by Crippen LogP contribution is 2.58. The van der Waals surface area contributed by atoms with Crippen LogP contribution in [0.1, 0.15) is 78.8 Å². The highest BCUT2D eigenvalue weighted by atomic mass is 32.2. The first kappa shape index (κ1) is 33.3. The third-order valence-electron chi connectivity index (χ3n) is 11.7. The van der Waals surface area contributed by atoms with E-state index in [-0.39, 0.29) is 32.6 Å². The number of carbonyl (C=O) groups is 2. The summed E-state index contributed by atoms with van der Waals surface area (Å²) in [7, 11) is 0. The van der Waals surface area contributed by atoms with Crippen LogP contribution in [0.25, 0.3) is 39.1 Å². The second-order valence-electron chi connectivity index (χ2n) is 14.8. The van der Waals surface area contributed by atoms with Crippen LogP contribution < -0.4 is 0 Å². The molecule has 4 aromatic carbocycles. The molecule has 0 amide bonds. The summed E-state index contributed by atoms with van der Waals surface area (Å²) >= 11 is 2.96. The predicted molar refractivity (Wildman–Crippen MR) is 226 cm³/mol. The van der Waals surface area contributed by atoms with Crippen molar-refractivity contribution in [1.29, 1.82) is 0 Å². The molecule has 7 heteroatoms. The number of H-pyrrole nitrogens is 1. The molecule has 4 atom stereocenters. The van der Waals surface area contributed by atoms with Gasteiger partial charge in [-0.15, -0.1) is 0 Å². The van der Waals surface area contributed by atoms with Crippen LogP contribution in [0, 0.1) is 0 Å². The molecule has 4 aliphatic heterocycles. The molecule has 1 N–H and O–H groups in total. The number of rotatable bonds is 4. The molecule has 4 unspecified atom stereocenters. The summed E-state index contributed by atoms with van der Waals surface area (Å²) in [5.41, 5.74) is 19.2. The number of hydrogen-bond acceptors (Lipinski definition) is 6. The predicted octanol–water partition coefficient (Wildman–Crippen LogP) is 11.5. The molecule has 7 aliphatic rings. The van der Waals surface area contributed by atoms with E-state index in [1.807, 2.05) is 48.9 Å². The molecule has 0 spiro atoms. The smallest absolute Gasteiger partial charge is 0.201 e. The number of nitrogens with one attached hydrogen (secondary N) is 1. The van der Waals surface area contributed by atoms with Crippen LogP contribution in [0.3, 0.4) is 0 Å². The van der Waals surface area contributed by atoms with E-state index in [1.54, 1.807) is 12.4 Å². The minimum absolute atomic E-state index is 0.0609. The van der Waals surface area contributed by atoms with E-state index in [0.29, 0.717) is 0 Å². The van der Waals surface area contributed by atoms with Gasteiger partial charge in [-0.1, -0.05) is 96.3 Å². The first-order valence-corrected chi connectivity index (χ1v) is 20.6. The number of carbonyl (C=O) groups excluding carboxylic acids is 2. The van der Waals surface area contributed by atoms with Crippen LogP contribution in [-0.2, 0) is 9.59 Å². The number of benzene rings is 4. The SMILES string of the molecule is O=C1SC2c3cc(-c4ccc[nH]4)ccc3C1c1cc(C3=CC=CC3)ccc12.O=C1SC2c3cc(-c4ccncc4)ccc3C1c1cc(-c3ccncc3)ccc12. The molecule has 4 bridgehead atoms. The maximum atomic E-state index is 12.9. The van der Waals surface area contributed by atoms with Crippen molar-refractivity contribution in [2.45, 2.75) is 28.8 Å². The van der Waals surface area contributed by atoms with Gasteiger partial charge in [-0.2, -0.15) is 0 Å². The van der Waals surface area contributed by atoms with Crippen molar-refractivity contribution in [3.63, 3.8) is 0 Å². The number of pyridine rings is 2. The summed E-state index contributed by atoms with van der Waals surface area (Å²) in [6.07, 6.45) is 16.6. The van der Waals surface area contributed by atoms with E-state index in [9.17, 15) is 9.59 Å². The average Bonchev–Trinajstić information content (AvgIpc) is 4.01. The third kappa shape index (κ3) is 5.40. The summed E-state index contributed by atoms with van der Waals surface area (Å²) in [4.78, 5) is 37.3. The Morgan fingerprint density at radius 3 is 1.54 bits per heavy atom. The molecule has 7 heterocycles.